The van der Waals surface area contributed by atoms with Gasteiger partial charge in [-0.2, -0.15) is 0 Å². The fraction of sp³-hybridized carbons (Fsp3) is 0. The maximum absolute atomic E-state index is 11.9. The SMILES string of the molecule is Nc1ccccc1C(=O)NC(=O)C(=O)Nc1cccc(O)c1. The number of nitrogens with two attached hydrogens (primary N) is 1. The van der Waals surface area contributed by atoms with Crippen molar-refractivity contribution in [3.05, 3.63) is 54.1 Å². The zero-order chi connectivity index (χ0) is 16.1. The molecule has 2 aromatic rings. The van der Waals surface area contributed by atoms with Crippen molar-refractivity contribution in [2.75, 3.05) is 11.1 Å². The van der Waals surface area contributed by atoms with Gasteiger partial charge in [-0.05, 0) is 24.3 Å². The number of carbonyl (C=O) groups excluding carboxylic acids is 3. The fourth-order valence-electron chi connectivity index (χ4n) is 1.70. The van der Waals surface area contributed by atoms with Crippen molar-refractivity contribution < 1.29 is 19.5 Å². The predicted molar refractivity (Wildman–Crippen MR) is 80.1 cm³/mol. The molecule has 0 saturated carbocycles. The number of para-hydroxylation sites is 1. The van der Waals surface area contributed by atoms with E-state index in [4.69, 9.17) is 5.73 Å². The van der Waals surface area contributed by atoms with Crippen LogP contribution in [0.25, 0.3) is 0 Å². The summed E-state index contributed by atoms with van der Waals surface area (Å²) in [6.07, 6.45) is 0. The van der Waals surface area contributed by atoms with Crippen LogP contribution in [0.4, 0.5) is 11.4 Å². The lowest BCUT2D eigenvalue weighted by Gasteiger charge is -2.07. The highest BCUT2D eigenvalue weighted by atomic mass is 16.3. The van der Waals surface area contributed by atoms with Gasteiger partial charge in [0.1, 0.15) is 5.75 Å². The average molecular weight is 299 g/mol. The molecule has 0 aliphatic rings. The van der Waals surface area contributed by atoms with Gasteiger partial charge >= 0.3 is 11.8 Å². The lowest BCUT2D eigenvalue weighted by atomic mass is 10.1. The molecule has 2 aromatic carbocycles. The van der Waals surface area contributed by atoms with Crippen LogP contribution in [-0.2, 0) is 9.59 Å². The average Bonchev–Trinajstić information content (AvgIpc) is 2.47. The fourth-order valence-corrected chi connectivity index (χ4v) is 1.70. The van der Waals surface area contributed by atoms with Crippen LogP contribution in [-0.4, -0.2) is 22.8 Å². The summed E-state index contributed by atoms with van der Waals surface area (Å²) < 4.78 is 0. The molecule has 5 N–H and O–H groups in total. The van der Waals surface area contributed by atoms with Crippen molar-refractivity contribution in [3.63, 3.8) is 0 Å². The van der Waals surface area contributed by atoms with E-state index in [0.717, 1.165) is 0 Å². The Balaban J connectivity index is 2.01. The van der Waals surface area contributed by atoms with Gasteiger partial charge in [-0.1, -0.05) is 18.2 Å². The van der Waals surface area contributed by atoms with Gasteiger partial charge < -0.3 is 16.2 Å². The molecule has 0 bridgehead atoms. The Morgan fingerprint density at radius 1 is 0.955 bits per heavy atom. The number of carbonyl (C=O) groups is 3. The van der Waals surface area contributed by atoms with Gasteiger partial charge in [-0.15, -0.1) is 0 Å². The molecule has 22 heavy (non-hydrogen) atoms. The number of phenolic OH excluding ortho intramolecular Hbond substituents is 1. The minimum absolute atomic E-state index is 0.0636. The zero-order valence-corrected chi connectivity index (χ0v) is 11.4. The van der Waals surface area contributed by atoms with Crippen LogP contribution in [0.15, 0.2) is 48.5 Å². The number of hydrogen-bond donors (Lipinski definition) is 4. The summed E-state index contributed by atoms with van der Waals surface area (Å²) in [5, 5.41) is 13.5. The molecule has 0 atom stereocenters. The molecule has 0 aliphatic heterocycles. The first-order valence-corrected chi connectivity index (χ1v) is 6.27. The second-order valence-corrected chi connectivity index (χ2v) is 4.37. The molecule has 0 radical (unpaired) electrons. The van der Waals surface area contributed by atoms with Crippen molar-refractivity contribution in [3.8, 4) is 5.75 Å². The summed E-state index contributed by atoms with van der Waals surface area (Å²) in [4.78, 5) is 35.2. The van der Waals surface area contributed by atoms with Crippen molar-refractivity contribution in [2.24, 2.45) is 0 Å². The Kier molecular flexibility index (Phi) is 4.38. The monoisotopic (exact) mass is 299 g/mol. The number of rotatable bonds is 2. The Labute approximate surface area is 125 Å². The number of aromatic hydroxyl groups is 1. The van der Waals surface area contributed by atoms with Gasteiger partial charge in [0, 0.05) is 17.4 Å². The molecule has 7 heteroatoms. The van der Waals surface area contributed by atoms with Gasteiger partial charge in [0.05, 0.1) is 5.56 Å². The van der Waals surface area contributed by atoms with E-state index in [1.807, 2.05) is 5.32 Å². The maximum atomic E-state index is 11.9. The molecule has 0 heterocycles. The highest BCUT2D eigenvalue weighted by Gasteiger charge is 2.19. The maximum Gasteiger partial charge on any atom is 0.316 e. The number of imide groups is 1. The third kappa shape index (κ3) is 3.60. The molecule has 112 valence electrons. The Morgan fingerprint density at radius 3 is 2.36 bits per heavy atom. The van der Waals surface area contributed by atoms with Gasteiger partial charge in [0.15, 0.2) is 0 Å². The minimum Gasteiger partial charge on any atom is -0.508 e. The lowest BCUT2D eigenvalue weighted by molar-refractivity contribution is -0.135. The summed E-state index contributed by atoms with van der Waals surface area (Å²) in [6.45, 7) is 0. The first kappa shape index (κ1) is 15.0. The number of nitrogen functional groups attached to an aromatic ring is 1. The van der Waals surface area contributed by atoms with Gasteiger partial charge in [0.25, 0.3) is 5.91 Å². The zero-order valence-electron chi connectivity index (χ0n) is 11.4. The molecule has 0 spiro atoms. The molecule has 0 aliphatic carbocycles. The Bertz CT molecular complexity index is 743. The summed E-state index contributed by atoms with van der Waals surface area (Å²) in [6, 6.07) is 11.8. The predicted octanol–water partition coefficient (Wildman–Crippen LogP) is 0.869. The number of benzene rings is 2. The van der Waals surface area contributed by atoms with Crippen molar-refractivity contribution in [2.45, 2.75) is 0 Å². The normalized spacial score (nSPS) is 9.82. The van der Waals surface area contributed by atoms with Crippen LogP contribution in [0.3, 0.4) is 0 Å². The molecule has 0 fully saturated rings. The Hall–Kier alpha value is -3.35. The van der Waals surface area contributed by atoms with E-state index >= 15 is 0 Å². The largest absolute Gasteiger partial charge is 0.508 e. The molecule has 2 rings (SSSR count). The molecular formula is C15H13N3O4. The van der Waals surface area contributed by atoms with Gasteiger partial charge in [-0.3, -0.25) is 19.7 Å². The van der Waals surface area contributed by atoms with E-state index in [0.29, 0.717) is 0 Å². The second-order valence-electron chi connectivity index (χ2n) is 4.37. The van der Waals surface area contributed by atoms with Crippen LogP contribution < -0.4 is 16.4 Å². The van der Waals surface area contributed by atoms with Crippen molar-refractivity contribution in [1.82, 2.24) is 5.32 Å². The first-order chi connectivity index (χ1) is 10.5. The number of hydrogen-bond acceptors (Lipinski definition) is 5. The smallest absolute Gasteiger partial charge is 0.316 e. The van der Waals surface area contributed by atoms with E-state index in [1.54, 1.807) is 12.1 Å². The van der Waals surface area contributed by atoms with E-state index in [1.165, 1.54) is 36.4 Å². The van der Waals surface area contributed by atoms with E-state index in [9.17, 15) is 19.5 Å². The number of nitrogens with one attached hydrogen (secondary N) is 2. The van der Waals surface area contributed by atoms with Crippen LogP contribution >= 0.6 is 0 Å². The van der Waals surface area contributed by atoms with Gasteiger partial charge in [-0.25, -0.2) is 0 Å². The van der Waals surface area contributed by atoms with Gasteiger partial charge in [0.2, 0.25) is 0 Å². The highest BCUT2D eigenvalue weighted by molar-refractivity contribution is 6.42. The summed E-state index contributed by atoms with van der Waals surface area (Å²) in [5.41, 5.74) is 6.14. The molecule has 3 amide bonds. The molecule has 0 saturated heterocycles. The number of anilines is 2. The number of phenols is 1. The minimum atomic E-state index is -1.13. The molecule has 7 nitrogen and oxygen atoms in total. The standard InChI is InChI=1S/C15H13N3O4/c16-12-7-2-1-6-11(12)13(20)18-15(22)14(21)17-9-4-3-5-10(19)8-9/h1-8,19H,16H2,(H,17,21)(H,18,20,22). The molecule has 0 aromatic heterocycles. The summed E-state index contributed by atoms with van der Waals surface area (Å²) >= 11 is 0. The molecular weight excluding hydrogens is 286 g/mol. The van der Waals surface area contributed by atoms with E-state index in [-0.39, 0.29) is 22.7 Å². The van der Waals surface area contributed by atoms with E-state index < -0.39 is 17.7 Å². The van der Waals surface area contributed by atoms with Crippen LogP contribution in [0.2, 0.25) is 0 Å². The Morgan fingerprint density at radius 2 is 1.68 bits per heavy atom. The van der Waals surface area contributed by atoms with Crippen molar-refractivity contribution >= 4 is 29.1 Å². The van der Waals surface area contributed by atoms with Crippen molar-refractivity contribution in [1.29, 1.82) is 0 Å². The van der Waals surface area contributed by atoms with Crippen LogP contribution in [0.5, 0.6) is 5.75 Å². The van der Waals surface area contributed by atoms with Crippen LogP contribution in [0.1, 0.15) is 10.4 Å². The van der Waals surface area contributed by atoms with E-state index in [2.05, 4.69) is 5.32 Å². The second kappa shape index (κ2) is 6.40. The highest BCUT2D eigenvalue weighted by Crippen LogP contribution is 2.15. The topological polar surface area (TPSA) is 122 Å². The third-order valence-corrected chi connectivity index (χ3v) is 2.74. The lowest BCUT2D eigenvalue weighted by Crippen LogP contribution is -2.39. The quantitative estimate of drug-likeness (QED) is 0.484. The number of amides is 3. The summed E-state index contributed by atoms with van der Waals surface area (Å²) in [5.74, 6) is -2.99. The summed E-state index contributed by atoms with van der Waals surface area (Å²) in [7, 11) is 0. The molecule has 0 unspecified atom stereocenters. The first-order valence-electron chi connectivity index (χ1n) is 6.27. The third-order valence-electron chi connectivity index (χ3n) is 2.74. The van der Waals surface area contributed by atoms with Crippen LogP contribution in [0, 0.1) is 0 Å².